The minimum Gasteiger partial charge on any atom is -0.308 e. The molecule has 172 valence electrons. The summed E-state index contributed by atoms with van der Waals surface area (Å²) >= 11 is 0. The van der Waals surface area contributed by atoms with Gasteiger partial charge in [-0.05, 0) is 59.9 Å². The maximum absolute atomic E-state index is 12.8. The summed E-state index contributed by atoms with van der Waals surface area (Å²) in [6, 6.07) is 1.27. The van der Waals surface area contributed by atoms with Gasteiger partial charge >= 0.3 is 18.1 Å². The van der Waals surface area contributed by atoms with Crippen molar-refractivity contribution in [1.82, 2.24) is 20.2 Å². The Balaban J connectivity index is 1.21. The van der Waals surface area contributed by atoms with Crippen LogP contribution in [-0.4, -0.2) is 26.3 Å². The van der Waals surface area contributed by atoms with E-state index in [2.05, 4.69) is 30.9 Å². The van der Waals surface area contributed by atoms with Crippen molar-refractivity contribution in [2.75, 3.05) is 10.6 Å². The van der Waals surface area contributed by atoms with Gasteiger partial charge in [0, 0.05) is 29.7 Å². The lowest BCUT2D eigenvalue weighted by Gasteiger charge is -2.26. The third kappa shape index (κ3) is 4.24. The van der Waals surface area contributed by atoms with Crippen LogP contribution in [0.1, 0.15) is 43.4 Å². The monoisotopic (exact) mass is 460 g/mol. The number of pyridine rings is 1. The van der Waals surface area contributed by atoms with Crippen LogP contribution in [0.5, 0.6) is 0 Å². The number of nitrogens with zero attached hydrogens (tertiary/aromatic N) is 5. The van der Waals surface area contributed by atoms with Crippen molar-refractivity contribution in [3.63, 3.8) is 0 Å². The first-order valence-electron chi connectivity index (χ1n) is 10.5. The highest BCUT2D eigenvalue weighted by Crippen LogP contribution is 2.62. The summed E-state index contributed by atoms with van der Waals surface area (Å²) in [5.74, 6) is 0.0905. The number of urea groups is 1. The number of amides is 2. The number of aromatic nitrogens is 5. The summed E-state index contributed by atoms with van der Waals surface area (Å²) in [7, 11) is 0. The maximum Gasteiger partial charge on any atom is 0.433 e. The number of carbonyl (C=O) groups excluding carboxylic acids is 1. The molecule has 33 heavy (non-hydrogen) atoms. The van der Waals surface area contributed by atoms with Crippen molar-refractivity contribution in [2.45, 2.75) is 50.2 Å². The van der Waals surface area contributed by atoms with Crippen molar-refractivity contribution in [3.05, 3.63) is 54.5 Å². The minimum absolute atomic E-state index is 0.0424. The fourth-order valence-corrected chi connectivity index (χ4v) is 5.20. The Morgan fingerprint density at radius 3 is 2.64 bits per heavy atom. The lowest BCUT2D eigenvalue weighted by Crippen LogP contribution is -2.43. The van der Waals surface area contributed by atoms with Crippen molar-refractivity contribution in [3.8, 4) is 0 Å². The highest BCUT2D eigenvalue weighted by atomic mass is 19.4. The van der Waals surface area contributed by atoms with Crippen LogP contribution >= 0.6 is 0 Å². The Kier molecular flexibility index (Phi) is 5.02. The van der Waals surface area contributed by atoms with Crippen LogP contribution in [0.4, 0.5) is 29.5 Å². The van der Waals surface area contributed by atoms with E-state index < -0.39 is 17.9 Å². The molecule has 9 nitrogen and oxygen atoms in total. The van der Waals surface area contributed by atoms with Gasteiger partial charge in [0.2, 0.25) is 5.27 Å². The molecule has 2 aliphatic rings. The standard InChI is InChI=1S/C21H20F3N7O2/c22-21(23,24)16-7-15(1-6-27-16)28-18(32)29-17-10-31(30-33-17)12-19-2-4-20(11-19,5-3-19)14-8-25-13-26-9-14/h1,6-10,13H,2-5,11-12H2,(H-,27,28,29,30,32)/p+1. The number of rotatable bonds is 5. The molecule has 0 unspecified atom stereocenters. The molecule has 0 aliphatic heterocycles. The number of carbonyl (C=O) groups is 1. The summed E-state index contributed by atoms with van der Waals surface area (Å²) in [4.78, 5) is 23.8. The summed E-state index contributed by atoms with van der Waals surface area (Å²) in [6.07, 6.45) is 8.54. The summed E-state index contributed by atoms with van der Waals surface area (Å²) in [5.41, 5.74) is 0.231. The normalized spacial score (nSPS) is 24.1. The predicted molar refractivity (Wildman–Crippen MR) is 108 cm³/mol. The zero-order chi connectivity index (χ0) is 23.1. The number of hydrogen-bond acceptors (Lipinski definition) is 6. The van der Waals surface area contributed by atoms with Crippen molar-refractivity contribution < 1.29 is 27.2 Å². The number of fused-ring (bicyclic) bond motifs is 2. The Morgan fingerprint density at radius 1 is 1.15 bits per heavy atom. The second-order valence-corrected chi connectivity index (χ2v) is 8.85. The summed E-state index contributed by atoms with van der Waals surface area (Å²) in [5, 5.41) is 8.79. The topological polar surface area (TPSA) is 110 Å². The number of hydrogen-bond donors (Lipinski definition) is 2. The van der Waals surface area contributed by atoms with E-state index in [1.54, 1.807) is 10.9 Å². The van der Waals surface area contributed by atoms with E-state index in [0.29, 0.717) is 6.54 Å². The molecule has 3 aromatic rings. The van der Waals surface area contributed by atoms with Crippen LogP contribution in [0.25, 0.3) is 0 Å². The lowest BCUT2D eigenvalue weighted by atomic mass is 9.78. The molecule has 12 heteroatoms. The average molecular weight is 460 g/mol. The molecule has 0 radical (unpaired) electrons. The maximum atomic E-state index is 12.8. The van der Waals surface area contributed by atoms with Gasteiger partial charge in [0.25, 0.3) is 6.20 Å². The van der Waals surface area contributed by atoms with Crippen LogP contribution in [0, 0.1) is 5.41 Å². The van der Waals surface area contributed by atoms with Crippen LogP contribution in [0.15, 0.2) is 47.8 Å². The van der Waals surface area contributed by atoms with Crippen molar-refractivity contribution in [2.24, 2.45) is 5.41 Å². The number of halogens is 3. The molecular formula is C21H21F3N7O2+. The van der Waals surface area contributed by atoms with E-state index in [9.17, 15) is 18.0 Å². The molecule has 2 saturated carbocycles. The third-order valence-electron chi connectivity index (χ3n) is 6.71. The highest BCUT2D eigenvalue weighted by molar-refractivity contribution is 5.98. The van der Waals surface area contributed by atoms with Gasteiger partial charge in [-0.3, -0.25) is 14.8 Å². The zero-order valence-corrected chi connectivity index (χ0v) is 17.5. The van der Waals surface area contributed by atoms with E-state index in [1.807, 2.05) is 12.4 Å². The van der Waals surface area contributed by atoms with Crippen LogP contribution < -0.4 is 15.3 Å². The first kappa shape index (κ1) is 21.3. The van der Waals surface area contributed by atoms with Gasteiger partial charge in [0.05, 0.1) is 0 Å². The molecule has 0 atom stereocenters. The first-order chi connectivity index (χ1) is 15.8. The fourth-order valence-electron chi connectivity index (χ4n) is 5.20. The largest absolute Gasteiger partial charge is 0.433 e. The van der Waals surface area contributed by atoms with Crippen LogP contribution in [0.2, 0.25) is 0 Å². The molecule has 5 rings (SSSR count). The fraction of sp³-hybridized carbons (Fsp3) is 0.429. The molecule has 2 N–H and O–H groups in total. The van der Waals surface area contributed by atoms with Gasteiger partial charge in [0.1, 0.15) is 12.0 Å². The highest BCUT2D eigenvalue weighted by Gasteiger charge is 2.57. The van der Waals surface area contributed by atoms with E-state index in [1.165, 1.54) is 18.0 Å². The second kappa shape index (κ2) is 7.78. The van der Waals surface area contributed by atoms with Gasteiger partial charge in [-0.15, -0.1) is 0 Å². The van der Waals surface area contributed by atoms with Gasteiger partial charge in [-0.1, -0.05) is 0 Å². The molecule has 2 aliphatic carbocycles. The number of anilines is 2. The SMILES string of the molecule is O=C(Nc1ccnc(C(F)(F)F)c1)Nc1c[n+](CC23CCC(c4cncnc4)(CC2)C3)no1. The third-order valence-corrected chi connectivity index (χ3v) is 6.71. The van der Waals surface area contributed by atoms with E-state index in [4.69, 9.17) is 4.52 Å². The number of alkyl halides is 3. The predicted octanol–water partition coefficient (Wildman–Crippen LogP) is 3.71. The van der Waals surface area contributed by atoms with Gasteiger partial charge in [-0.25, -0.2) is 14.8 Å². The molecule has 0 aromatic carbocycles. The van der Waals surface area contributed by atoms with Crippen molar-refractivity contribution in [1.29, 1.82) is 0 Å². The van der Waals surface area contributed by atoms with Gasteiger partial charge < -0.3 is 5.32 Å². The molecule has 0 saturated heterocycles. The molecule has 2 amide bonds. The average Bonchev–Trinajstić information content (AvgIpc) is 3.48. The van der Waals surface area contributed by atoms with Crippen molar-refractivity contribution >= 4 is 17.6 Å². The molecular weight excluding hydrogens is 439 g/mol. The quantitative estimate of drug-likeness (QED) is 0.562. The van der Waals surface area contributed by atoms with Gasteiger partial charge in [-0.2, -0.15) is 13.2 Å². The number of nitrogens with one attached hydrogen (secondary N) is 2. The first-order valence-corrected chi connectivity index (χ1v) is 10.5. The zero-order valence-electron chi connectivity index (χ0n) is 17.5. The summed E-state index contributed by atoms with van der Waals surface area (Å²) < 4.78 is 45.2. The smallest absolute Gasteiger partial charge is 0.308 e. The Morgan fingerprint density at radius 2 is 1.91 bits per heavy atom. The Bertz CT molecular complexity index is 1160. The van der Waals surface area contributed by atoms with E-state index in [0.717, 1.165) is 44.4 Å². The van der Waals surface area contributed by atoms with Gasteiger partial charge in [0.15, 0.2) is 6.54 Å². The lowest BCUT2D eigenvalue weighted by molar-refractivity contribution is -0.772. The molecule has 3 heterocycles. The Hall–Kier alpha value is -3.57. The van der Waals surface area contributed by atoms with E-state index in [-0.39, 0.29) is 22.4 Å². The molecule has 2 fully saturated rings. The van der Waals surface area contributed by atoms with Crippen LogP contribution in [0.3, 0.4) is 0 Å². The Labute approximate surface area is 186 Å². The minimum atomic E-state index is -4.60. The molecule has 0 spiro atoms. The van der Waals surface area contributed by atoms with E-state index >= 15 is 0 Å². The second-order valence-electron chi connectivity index (χ2n) is 8.85. The summed E-state index contributed by atoms with van der Waals surface area (Å²) in [6.45, 7) is 0.647. The molecule has 3 aromatic heterocycles. The van der Waals surface area contributed by atoms with Crippen LogP contribution in [-0.2, 0) is 18.1 Å². The molecule has 2 bridgehead atoms.